The van der Waals surface area contributed by atoms with Gasteiger partial charge in [0.25, 0.3) is 15.2 Å². The van der Waals surface area contributed by atoms with Crippen molar-refractivity contribution in [3.8, 4) is 10.7 Å². The Morgan fingerprint density at radius 3 is 2.68 bits per heavy atom. The van der Waals surface area contributed by atoms with Gasteiger partial charge < -0.3 is 0 Å². The van der Waals surface area contributed by atoms with Gasteiger partial charge >= 0.3 is 0 Å². The molecule has 0 bridgehead atoms. The minimum atomic E-state index is -3.83. The normalized spacial score (nSPS) is 15.9. The summed E-state index contributed by atoms with van der Waals surface area (Å²) in [6, 6.07) is 4.15. The van der Waals surface area contributed by atoms with Gasteiger partial charge in [-0.05, 0) is 31.4 Å². The Balaban J connectivity index is 2.14. The van der Waals surface area contributed by atoms with Crippen molar-refractivity contribution in [1.82, 2.24) is 14.8 Å². The number of sulfonamides is 1. The summed E-state index contributed by atoms with van der Waals surface area (Å²) in [5, 5.41) is 12.9. The standard InChI is InChI=1S/C11H14N4O2S2/c1-2-8-5-6-9(18-8)10-13-14-11(19(12,16)17)15(10)7-3-4-7/h5-7H,2-4H2,1H3,(H2,12,16,17). The van der Waals surface area contributed by atoms with Gasteiger partial charge in [0.15, 0.2) is 5.82 Å². The lowest BCUT2D eigenvalue weighted by Crippen LogP contribution is -2.18. The zero-order chi connectivity index (χ0) is 13.6. The van der Waals surface area contributed by atoms with Crippen molar-refractivity contribution in [3.63, 3.8) is 0 Å². The molecule has 0 atom stereocenters. The largest absolute Gasteiger partial charge is 0.293 e. The second-order valence-electron chi connectivity index (χ2n) is 4.57. The van der Waals surface area contributed by atoms with Crippen LogP contribution in [0.2, 0.25) is 0 Å². The van der Waals surface area contributed by atoms with Gasteiger partial charge in [-0.3, -0.25) is 4.57 Å². The van der Waals surface area contributed by atoms with Crippen LogP contribution in [0.15, 0.2) is 17.3 Å². The molecule has 19 heavy (non-hydrogen) atoms. The molecule has 0 saturated heterocycles. The number of primary sulfonamides is 1. The first-order chi connectivity index (χ1) is 9.00. The number of nitrogens with zero attached hydrogens (tertiary/aromatic N) is 3. The predicted octanol–water partition coefficient (Wildman–Crippen LogP) is 1.55. The monoisotopic (exact) mass is 298 g/mol. The lowest BCUT2D eigenvalue weighted by Gasteiger charge is -2.05. The topological polar surface area (TPSA) is 90.9 Å². The predicted molar refractivity (Wildman–Crippen MR) is 72.4 cm³/mol. The third kappa shape index (κ3) is 2.31. The quantitative estimate of drug-likeness (QED) is 0.927. The third-order valence-corrected chi connectivity index (χ3v) is 5.07. The van der Waals surface area contributed by atoms with E-state index in [0.29, 0.717) is 5.82 Å². The van der Waals surface area contributed by atoms with Gasteiger partial charge in [0, 0.05) is 10.9 Å². The van der Waals surface area contributed by atoms with E-state index in [1.165, 1.54) is 4.88 Å². The molecule has 1 fully saturated rings. The fourth-order valence-electron chi connectivity index (χ4n) is 1.99. The Hall–Kier alpha value is -1.25. The molecule has 2 N–H and O–H groups in total. The first kappa shape index (κ1) is 12.8. The van der Waals surface area contributed by atoms with E-state index in [1.807, 2.05) is 12.1 Å². The number of rotatable bonds is 4. The van der Waals surface area contributed by atoms with E-state index in [1.54, 1.807) is 15.9 Å². The van der Waals surface area contributed by atoms with E-state index < -0.39 is 10.0 Å². The highest BCUT2D eigenvalue weighted by Gasteiger charge is 2.33. The SMILES string of the molecule is CCc1ccc(-c2nnc(S(N)(=O)=O)n2C2CC2)s1. The first-order valence-electron chi connectivity index (χ1n) is 6.07. The lowest BCUT2D eigenvalue weighted by molar-refractivity contribution is 0.567. The maximum Gasteiger partial charge on any atom is 0.273 e. The van der Waals surface area contributed by atoms with Gasteiger partial charge in [-0.25, -0.2) is 13.6 Å². The Morgan fingerprint density at radius 1 is 1.42 bits per heavy atom. The first-order valence-corrected chi connectivity index (χ1v) is 8.43. The Labute approximate surface area is 115 Å². The maximum absolute atomic E-state index is 11.5. The molecular formula is C11H14N4O2S2. The minimum absolute atomic E-state index is 0.128. The summed E-state index contributed by atoms with van der Waals surface area (Å²) in [5.41, 5.74) is 0. The van der Waals surface area contributed by atoms with Crippen LogP contribution in [-0.4, -0.2) is 23.2 Å². The van der Waals surface area contributed by atoms with Crippen molar-refractivity contribution < 1.29 is 8.42 Å². The van der Waals surface area contributed by atoms with Crippen LogP contribution in [0.3, 0.4) is 0 Å². The average molecular weight is 298 g/mol. The van der Waals surface area contributed by atoms with Crippen LogP contribution >= 0.6 is 11.3 Å². The number of thiophene rings is 1. The second-order valence-corrected chi connectivity index (χ2v) is 7.20. The molecule has 0 amide bonds. The molecule has 8 heteroatoms. The molecule has 1 aliphatic rings. The van der Waals surface area contributed by atoms with Crippen LogP contribution in [0.4, 0.5) is 0 Å². The average Bonchev–Trinajstić information content (AvgIpc) is 2.92. The summed E-state index contributed by atoms with van der Waals surface area (Å²) in [6.07, 6.45) is 2.84. The summed E-state index contributed by atoms with van der Waals surface area (Å²) in [5.74, 6) is 0.608. The van der Waals surface area contributed by atoms with E-state index in [4.69, 9.17) is 5.14 Å². The Bertz CT molecular complexity index is 713. The number of aryl methyl sites for hydroxylation is 1. The summed E-state index contributed by atoms with van der Waals surface area (Å²) in [7, 11) is -3.83. The van der Waals surface area contributed by atoms with Crippen molar-refractivity contribution in [2.24, 2.45) is 5.14 Å². The van der Waals surface area contributed by atoms with Crippen LogP contribution < -0.4 is 5.14 Å². The van der Waals surface area contributed by atoms with E-state index in [0.717, 1.165) is 24.1 Å². The molecule has 2 aromatic rings. The van der Waals surface area contributed by atoms with Gasteiger partial charge in [0.05, 0.1) is 4.88 Å². The summed E-state index contributed by atoms with van der Waals surface area (Å²) in [6.45, 7) is 2.08. The molecule has 0 aromatic carbocycles. The summed E-state index contributed by atoms with van der Waals surface area (Å²) < 4.78 is 24.8. The second kappa shape index (κ2) is 4.39. The molecule has 3 rings (SSSR count). The number of hydrogen-bond donors (Lipinski definition) is 1. The third-order valence-electron chi connectivity index (χ3n) is 3.06. The maximum atomic E-state index is 11.5. The Kier molecular flexibility index (Phi) is 2.95. The van der Waals surface area contributed by atoms with Crippen molar-refractivity contribution in [1.29, 1.82) is 0 Å². The molecule has 1 aliphatic carbocycles. The molecule has 102 valence electrons. The van der Waals surface area contributed by atoms with Crippen molar-refractivity contribution in [2.45, 2.75) is 37.4 Å². The number of aromatic nitrogens is 3. The molecule has 0 aliphatic heterocycles. The van der Waals surface area contributed by atoms with Crippen molar-refractivity contribution in [2.75, 3.05) is 0 Å². The molecule has 2 aromatic heterocycles. The Morgan fingerprint density at radius 2 is 2.16 bits per heavy atom. The zero-order valence-corrected chi connectivity index (χ0v) is 12.0. The van der Waals surface area contributed by atoms with Crippen LogP contribution in [0, 0.1) is 0 Å². The van der Waals surface area contributed by atoms with E-state index >= 15 is 0 Å². The van der Waals surface area contributed by atoms with Crippen LogP contribution in [0.5, 0.6) is 0 Å². The number of nitrogens with two attached hydrogens (primary N) is 1. The van der Waals surface area contributed by atoms with E-state index in [9.17, 15) is 8.42 Å². The van der Waals surface area contributed by atoms with Gasteiger partial charge in [-0.15, -0.1) is 21.5 Å². The van der Waals surface area contributed by atoms with Crippen molar-refractivity contribution >= 4 is 21.4 Å². The van der Waals surface area contributed by atoms with Gasteiger partial charge in [0.1, 0.15) is 0 Å². The minimum Gasteiger partial charge on any atom is -0.293 e. The fourth-order valence-corrected chi connectivity index (χ4v) is 3.58. The van der Waals surface area contributed by atoms with Crippen LogP contribution in [-0.2, 0) is 16.4 Å². The highest BCUT2D eigenvalue weighted by Crippen LogP contribution is 2.40. The molecule has 2 heterocycles. The zero-order valence-electron chi connectivity index (χ0n) is 10.4. The highest BCUT2D eigenvalue weighted by molar-refractivity contribution is 7.89. The molecule has 0 spiro atoms. The lowest BCUT2D eigenvalue weighted by atomic mass is 10.3. The van der Waals surface area contributed by atoms with E-state index in [-0.39, 0.29) is 11.2 Å². The number of hydrogen-bond acceptors (Lipinski definition) is 5. The van der Waals surface area contributed by atoms with Crippen molar-refractivity contribution in [3.05, 3.63) is 17.0 Å². The van der Waals surface area contributed by atoms with E-state index in [2.05, 4.69) is 17.1 Å². The molecular weight excluding hydrogens is 284 g/mol. The molecule has 0 radical (unpaired) electrons. The molecule has 0 unspecified atom stereocenters. The van der Waals surface area contributed by atoms with Gasteiger partial charge in [-0.1, -0.05) is 6.92 Å². The van der Waals surface area contributed by atoms with Crippen LogP contribution in [0.1, 0.15) is 30.7 Å². The molecule has 6 nitrogen and oxygen atoms in total. The smallest absolute Gasteiger partial charge is 0.273 e. The van der Waals surface area contributed by atoms with Crippen LogP contribution in [0.25, 0.3) is 10.7 Å². The summed E-state index contributed by atoms with van der Waals surface area (Å²) >= 11 is 1.61. The van der Waals surface area contributed by atoms with Gasteiger partial charge in [0.2, 0.25) is 0 Å². The van der Waals surface area contributed by atoms with Gasteiger partial charge in [-0.2, -0.15) is 0 Å². The molecule has 1 saturated carbocycles. The summed E-state index contributed by atoms with van der Waals surface area (Å²) in [4.78, 5) is 2.17. The fraction of sp³-hybridized carbons (Fsp3) is 0.455. The highest BCUT2D eigenvalue weighted by atomic mass is 32.2.